The first kappa shape index (κ1) is 14.3. The summed E-state index contributed by atoms with van der Waals surface area (Å²) in [5.41, 5.74) is 2.23. The summed E-state index contributed by atoms with van der Waals surface area (Å²) >= 11 is 2.02. The van der Waals surface area contributed by atoms with E-state index in [4.69, 9.17) is 0 Å². The van der Waals surface area contributed by atoms with E-state index in [-0.39, 0.29) is 5.91 Å². The summed E-state index contributed by atoms with van der Waals surface area (Å²) in [5, 5.41) is 3.57. The molecule has 0 saturated carbocycles. The summed E-state index contributed by atoms with van der Waals surface area (Å²) in [6.07, 6.45) is 3.04. The second kappa shape index (κ2) is 6.85. The monoisotopic (exact) mass is 278 g/mol. The Labute approximate surface area is 119 Å². The smallest absolute Gasteiger partial charge is 0.226 e. The lowest BCUT2D eigenvalue weighted by Gasteiger charge is -2.23. The Balaban J connectivity index is 1.88. The van der Waals surface area contributed by atoms with E-state index in [0.29, 0.717) is 12.5 Å². The summed E-state index contributed by atoms with van der Waals surface area (Å²) in [5.74, 6) is 2.63. The van der Waals surface area contributed by atoms with E-state index in [1.54, 1.807) is 19.0 Å². The van der Waals surface area contributed by atoms with Gasteiger partial charge in [0, 0.05) is 31.6 Å². The van der Waals surface area contributed by atoms with Gasteiger partial charge in [-0.2, -0.15) is 11.8 Å². The Bertz CT molecular complexity index is 411. The van der Waals surface area contributed by atoms with Crippen molar-refractivity contribution < 1.29 is 4.79 Å². The van der Waals surface area contributed by atoms with E-state index in [2.05, 4.69) is 17.4 Å². The molecule has 1 aliphatic heterocycles. The lowest BCUT2D eigenvalue weighted by molar-refractivity contribution is -0.127. The van der Waals surface area contributed by atoms with Gasteiger partial charge in [0.25, 0.3) is 0 Å². The van der Waals surface area contributed by atoms with E-state index >= 15 is 0 Å². The molecule has 1 unspecified atom stereocenters. The molecule has 104 valence electrons. The Hall–Kier alpha value is -1.16. The zero-order valence-electron chi connectivity index (χ0n) is 11.7. The molecule has 1 N–H and O–H groups in total. The van der Waals surface area contributed by atoms with Crippen molar-refractivity contribution in [2.45, 2.75) is 25.3 Å². The van der Waals surface area contributed by atoms with Gasteiger partial charge in [0.1, 0.15) is 0 Å². The lowest BCUT2D eigenvalue weighted by atomic mass is 10.1. The Morgan fingerprint density at radius 3 is 2.68 bits per heavy atom. The van der Waals surface area contributed by atoms with Crippen molar-refractivity contribution in [1.82, 2.24) is 4.90 Å². The minimum Gasteiger partial charge on any atom is -0.381 e. The summed E-state index contributed by atoms with van der Waals surface area (Å²) in [7, 11) is 3.58. The van der Waals surface area contributed by atoms with Gasteiger partial charge in [-0.3, -0.25) is 4.79 Å². The minimum atomic E-state index is 0.143. The zero-order chi connectivity index (χ0) is 13.7. The molecular weight excluding hydrogens is 256 g/mol. The van der Waals surface area contributed by atoms with Gasteiger partial charge in [-0.1, -0.05) is 12.1 Å². The molecule has 0 bridgehead atoms. The van der Waals surface area contributed by atoms with Crippen molar-refractivity contribution in [3.63, 3.8) is 0 Å². The van der Waals surface area contributed by atoms with Crippen molar-refractivity contribution in [2.75, 3.05) is 30.9 Å². The van der Waals surface area contributed by atoms with E-state index in [1.165, 1.54) is 24.3 Å². The maximum absolute atomic E-state index is 11.6. The van der Waals surface area contributed by atoms with Crippen LogP contribution in [0.1, 0.15) is 18.4 Å². The first-order valence-electron chi connectivity index (χ1n) is 6.78. The van der Waals surface area contributed by atoms with Gasteiger partial charge < -0.3 is 10.2 Å². The van der Waals surface area contributed by atoms with Crippen LogP contribution in [0.25, 0.3) is 0 Å². The summed E-state index contributed by atoms with van der Waals surface area (Å²) < 4.78 is 0. The molecule has 0 aromatic heterocycles. The van der Waals surface area contributed by atoms with Crippen LogP contribution in [0.2, 0.25) is 0 Å². The van der Waals surface area contributed by atoms with E-state index in [9.17, 15) is 4.79 Å². The van der Waals surface area contributed by atoms with Crippen LogP contribution < -0.4 is 5.32 Å². The number of rotatable bonds is 4. The molecule has 1 amide bonds. The average molecular weight is 278 g/mol. The van der Waals surface area contributed by atoms with Gasteiger partial charge in [0.05, 0.1) is 6.42 Å². The van der Waals surface area contributed by atoms with E-state index in [0.717, 1.165) is 11.3 Å². The molecule has 0 aliphatic carbocycles. The fourth-order valence-corrected chi connectivity index (χ4v) is 3.21. The third kappa shape index (κ3) is 4.46. The van der Waals surface area contributed by atoms with Crippen molar-refractivity contribution in [3.8, 4) is 0 Å². The first-order valence-corrected chi connectivity index (χ1v) is 7.94. The number of carbonyl (C=O) groups is 1. The van der Waals surface area contributed by atoms with Crippen LogP contribution in [0.15, 0.2) is 24.3 Å². The zero-order valence-corrected chi connectivity index (χ0v) is 12.5. The molecule has 0 radical (unpaired) electrons. The third-order valence-corrected chi connectivity index (χ3v) is 4.55. The number of anilines is 1. The van der Waals surface area contributed by atoms with Crippen LogP contribution in [0.3, 0.4) is 0 Å². The van der Waals surface area contributed by atoms with Crippen LogP contribution in [-0.2, 0) is 11.2 Å². The number of nitrogens with zero attached hydrogens (tertiary/aromatic N) is 1. The highest BCUT2D eigenvalue weighted by Gasteiger charge is 2.13. The predicted octanol–water partition coefficient (Wildman–Crippen LogP) is 2.62. The second-order valence-corrected chi connectivity index (χ2v) is 6.37. The fraction of sp³-hybridized carbons (Fsp3) is 0.533. The molecule has 1 aromatic carbocycles. The van der Waals surface area contributed by atoms with Crippen LogP contribution in [0.5, 0.6) is 0 Å². The van der Waals surface area contributed by atoms with Gasteiger partial charge in [-0.25, -0.2) is 0 Å². The normalized spacial score (nSPS) is 18.9. The maximum atomic E-state index is 11.6. The average Bonchev–Trinajstić information content (AvgIpc) is 2.42. The van der Waals surface area contributed by atoms with Crippen LogP contribution in [-0.4, -0.2) is 42.4 Å². The number of hydrogen-bond donors (Lipinski definition) is 1. The Morgan fingerprint density at radius 1 is 1.37 bits per heavy atom. The van der Waals surface area contributed by atoms with Crippen molar-refractivity contribution >= 4 is 23.4 Å². The molecule has 1 saturated heterocycles. The molecule has 2 rings (SSSR count). The van der Waals surface area contributed by atoms with Crippen LogP contribution >= 0.6 is 11.8 Å². The molecule has 19 heavy (non-hydrogen) atoms. The molecule has 0 spiro atoms. The number of hydrogen-bond acceptors (Lipinski definition) is 3. The number of benzene rings is 1. The van der Waals surface area contributed by atoms with Gasteiger partial charge in [-0.05, 0) is 36.3 Å². The quantitative estimate of drug-likeness (QED) is 0.919. The molecule has 1 heterocycles. The summed E-state index contributed by atoms with van der Waals surface area (Å²) in [6.45, 7) is 0. The summed E-state index contributed by atoms with van der Waals surface area (Å²) in [6, 6.07) is 8.84. The number of nitrogens with one attached hydrogen (secondary N) is 1. The van der Waals surface area contributed by atoms with Gasteiger partial charge in [-0.15, -0.1) is 0 Å². The topological polar surface area (TPSA) is 32.3 Å². The van der Waals surface area contributed by atoms with Crippen LogP contribution in [0.4, 0.5) is 5.69 Å². The molecule has 1 atom stereocenters. The fourth-order valence-electron chi connectivity index (χ4n) is 2.14. The van der Waals surface area contributed by atoms with E-state index < -0.39 is 0 Å². The molecule has 3 nitrogen and oxygen atoms in total. The Kier molecular flexibility index (Phi) is 5.14. The predicted molar refractivity (Wildman–Crippen MR) is 82.8 cm³/mol. The molecule has 1 fully saturated rings. The van der Waals surface area contributed by atoms with E-state index in [1.807, 2.05) is 23.9 Å². The second-order valence-electron chi connectivity index (χ2n) is 5.22. The van der Waals surface area contributed by atoms with Crippen LogP contribution in [0, 0.1) is 0 Å². The molecule has 1 aliphatic rings. The highest BCUT2D eigenvalue weighted by Crippen LogP contribution is 2.21. The number of carbonyl (C=O) groups excluding carboxylic acids is 1. The summed E-state index contributed by atoms with van der Waals surface area (Å²) in [4.78, 5) is 13.3. The maximum Gasteiger partial charge on any atom is 0.226 e. The number of amides is 1. The van der Waals surface area contributed by atoms with Gasteiger partial charge in [0.15, 0.2) is 0 Å². The van der Waals surface area contributed by atoms with Gasteiger partial charge >= 0.3 is 0 Å². The largest absolute Gasteiger partial charge is 0.381 e. The first-order chi connectivity index (χ1) is 9.15. The number of likely N-dealkylation sites (N-methyl/N-ethyl adjacent to an activating group) is 1. The van der Waals surface area contributed by atoms with Crippen molar-refractivity contribution in [3.05, 3.63) is 29.8 Å². The Morgan fingerprint density at radius 2 is 2.11 bits per heavy atom. The van der Waals surface area contributed by atoms with Crippen molar-refractivity contribution in [1.29, 1.82) is 0 Å². The standard InChI is InChI=1S/C15H22N2OS/c1-17(2)15(18)10-12-5-7-13(8-6-12)16-14-4-3-9-19-11-14/h5-8,14,16H,3-4,9-11H2,1-2H3. The third-order valence-electron chi connectivity index (χ3n) is 3.34. The highest BCUT2D eigenvalue weighted by atomic mass is 32.2. The lowest BCUT2D eigenvalue weighted by Crippen LogP contribution is -2.25. The molecule has 4 heteroatoms. The number of thioether (sulfide) groups is 1. The highest BCUT2D eigenvalue weighted by molar-refractivity contribution is 7.99. The molecular formula is C15H22N2OS. The van der Waals surface area contributed by atoms with Crippen molar-refractivity contribution in [2.24, 2.45) is 0 Å². The van der Waals surface area contributed by atoms with Gasteiger partial charge in [0.2, 0.25) is 5.91 Å². The molecule has 1 aromatic rings. The minimum absolute atomic E-state index is 0.143. The SMILES string of the molecule is CN(C)C(=O)Cc1ccc(NC2CCCSC2)cc1.